The fourth-order valence-electron chi connectivity index (χ4n) is 2.93. The molecule has 1 aromatic rings. The maximum absolute atomic E-state index is 12.9. The van der Waals surface area contributed by atoms with Gasteiger partial charge in [-0.05, 0) is 38.8 Å². The zero-order valence-electron chi connectivity index (χ0n) is 13.8. The quantitative estimate of drug-likeness (QED) is 0.829. The highest BCUT2D eigenvalue weighted by molar-refractivity contribution is 5.92. The van der Waals surface area contributed by atoms with E-state index in [-0.39, 0.29) is 30.3 Å². The minimum absolute atomic E-state index is 0.0866. The molecule has 0 radical (unpaired) electrons. The second-order valence-electron chi connectivity index (χ2n) is 6.20. The lowest BCUT2D eigenvalue weighted by atomic mass is 10.1. The van der Waals surface area contributed by atoms with Crippen LogP contribution < -0.4 is 10.6 Å². The van der Waals surface area contributed by atoms with Crippen LogP contribution in [0, 0.1) is 0 Å². The fourth-order valence-corrected chi connectivity index (χ4v) is 2.93. The molecule has 7 heteroatoms. The third kappa shape index (κ3) is 5.21. The summed E-state index contributed by atoms with van der Waals surface area (Å²) in [6.07, 6.45) is -2.28. The van der Waals surface area contributed by atoms with Gasteiger partial charge in [-0.15, -0.1) is 0 Å². The van der Waals surface area contributed by atoms with Crippen LogP contribution in [0.25, 0.3) is 0 Å². The predicted octanol–water partition coefficient (Wildman–Crippen LogP) is 3.58. The number of para-hydroxylation sites is 1. The van der Waals surface area contributed by atoms with E-state index in [4.69, 9.17) is 4.74 Å². The molecule has 1 fully saturated rings. The Labute approximate surface area is 139 Å². The number of rotatable bonds is 6. The van der Waals surface area contributed by atoms with Crippen molar-refractivity contribution in [2.75, 3.05) is 11.9 Å². The highest BCUT2D eigenvalue weighted by atomic mass is 19.4. The van der Waals surface area contributed by atoms with Gasteiger partial charge in [0.2, 0.25) is 5.91 Å². The molecule has 3 unspecified atom stereocenters. The van der Waals surface area contributed by atoms with Gasteiger partial charge in [0.15, 0.2) is 0 Å². The molecule has 0 aromatic heterocycles. The van der Waals surface area contributed by atoms with Crippen molar-refractivity contribution in [2.24, 2.45) is 0 Å². The van der Waals surface area contributed by atoms with E-state index in [1.807, 2.05) is 13.8 Å². The van der Waals surface area contributed by atoms with E-state index in [1.54, 1.807) is 0 Å². The van der Waals surface area contributed by atoms with Gasteiger partial charge in [0, 0.05) is 25.1 Å². The summed E-state index contributed by atoms with van der Waals surface area (Å²) in [6.45, 7) is 4.57. The molecule has 0 spiro atoms. The number of ether oxygens (including phenoxy) is 1. The van der Waals surface area contributed by atoms with Crippen LogP contribution in [-0.2, 0) is 15.7 Å². The Morgan fingerprint density at radius 2 is 2.04 bits per heavy atom. The molecule has 0 aliphatic carbocycles. The highest BCUT2D eigenvalue weighted by Gasteiger charge is 2.33. The maximum Gasteiger partial charge on any atom is 0.418 e. The Morgan fingerprint density at radius 1 is 1.33 bits per heavy atom. The number of amides is 1. The molecule has 4 nitrogen and oxygen atoms in total. The Kier molecular flexibility index (Phi) is 6.23. The largest absolute Gasteiger partial charge is 0.418 e. The summed E-state index contributed by atoms with van der Waals surface area (Å²) in [5, 5.41) is 5.64. The van der Waals surface area contributed by atoms with Gasteiger partial charge in [0.1, 0.15) is 0 Å². The normalized spacial score (nSPS) is 20.6. The molecule has 1 aliphatic heterocycles. The topological polar surface area (TPSA) is 50.4 Å². The minimum Gasteiger partial charge on any atom is -0.377 e. The van der Waals surface area contributed by atoms with Crippen LogP contribution in [0.2, 0.25) is 0 Å². The van der Waals surface area contributed by atoms with Crippen molar-refractivity contribution in [3.8, 4) is 0 Å². The summed E-state index contributed by atoms with van der Waals surface area (Å²) in [6, 6.07) is 4.91. The third-order valence-electron chi connectivity index (χ3n) is 4.07. The number of nitrogens with one attached hydrogen (secondary N) is 2. The molecule has 2 rings (SSSR count). The minimum atomic E-state index is -4.50. The van der Waals surface area contributed by atoms with Gasteiger partial charge in [0.25, 0.3) is 0 Å². The number of carbonyl (C=O) groups is 1. The number of hydrogen-bond acceptors (Lipinski definition) is 3. The van der Waals surface area contributed by atoms with Gasteiger partial charge >= 0.3 is 6.18 Å². The molecule has 134 valence electrons. The predicted molar refractivity (Wildman–Crippen MR) is 85.7 cm³/mol. The lowest BCUT2D eigenvalue weighted by Gasteiger charge is -2.24. The molecule has 2 N–H and O–H groups in total. The molecule has 1 aromatic carbocycles. The molecule has 1 heterocycles. The van der Waals surface area contributed by atoms with Crippen molar-refractivity contribution in [3.05, 3.63) is 29.8 Å². The monoisotopic (exact) mass is 344 g/mol. The lowest BCUT2D eigenvalue weighted by Crippen LogP contribution is -2.43. The molecule has 0 bridgehead atoms. The van der Waals surface area contributed by atoms with Crippen LogP contribution in [0.5, 0.6) is 0 Å². The summed E-state index contributed by atoms with van der Waals surface area (Å²) in [4.78, 5) is 12.1. The average Bonchev–Trinajstić information content (AvgIpc) is 3.00. The first-order valence-corrected chi connectivity index (χ1v) is 8.11. The Hall–Kier alpha value is -1.60. The van der Waals surface area contributed by atoms with Gasteiger partial charge in [-0.1, -0.05) is 12.1 Å². The van der Waals surface area contributed by atoms with Crippen LogP contribution in [0.3, 0.4) is 0 Å². The first kappa shape index (κ1) is 18.7. The molecule has 1 saturated heterocycles. The van der Waals surface area contributed by atoms with Crippen molar-refractivity contribution < 1.29 is 22.7 Å². The molecule has 1 aliphatic rings. The second-order valence-corrected chi connectivity index (χ2v) is 6.20. The third-order valence-corrected chi connectivity index (χ3v) is 4.07. The van der Waals surface area contributed by atoms with Gasteiger partial charge < -0.3 is 15.4 Å². The van der Waals surface area contributed by atoms with Gasteiger partial charge in [-0.25, -0.2) is 0 Å². The number of carbonyl (C=O) groups excluding carboxylic acids is 1. The number of anilines is 1. The number of hydrogen-bond donors (Lipinski definition) is 2. The fraction of sp³-hybridized carbons (Fsp3) is 0.588. The van der Waals surface area contributed by atoms with Crippen LogP contribution in [0.15, 0.2) is 24.3 Å². The first-order valence-electron chi connectivity index (χ1n) is 8.11. The molecule has 24 heavy (non-hydrogen) atoms. The number of halogens is 3. The summed E-state index contributed by atoms with van der Waals surface area (Å²) < 4.78 is 44.4. The van der Waals surface area contributed by atoms with Crippen molar-refractivity contribution in [1.29, 1.82) is 0 Å². The van der Waals surface area contributed by atoms with Crippen molar-refractivity contribution in [3.63, 3.8) is 0 Å². The van der Waals surface area contributed by atoms with Crippen molar-refractivity contribution in [2.45, 2.75) is 57.5 Å². The molecular weight excluding hydrogens is 321 g/mol. The smallest absolute Gasteiger partial charge is 0.377 e. The van der Waals surface area contributed by atoms with E-state index < -0.39 is 17.6 Å². The molecule has 1 amide bonds. The van der Waals surface area contributed by atoms with E-state index in [1.165, 1.54) is 18.2 Å². The van der Waals surface area contributed by atoms with E-state index in [9.17, 15) is 18.0 Å². The molecular formula is C17H23F3N2O2. The number of alkyl halides is 3. The van der Waals surface area contributed by atoms with Crippen LogP contribution >= 0.6 is 0 Å². The Bertz CT molecular complexity index is 557. The zero-order chi connectivity index (χ0) is 17.7. The standard InChI is InChI=1S/C17H23F3N2O2/c1-11(21-12(2)15-8-5-9-24-15)10-16(23)22-14-7-4-3-6-13(14)17(18,19)20/h3-4,6-7,11-12,15,21H,5,8-10H2,1-2H3,(H,22,23). The van der Waals surface area contributed by atoms with Crippen molar-refractivity contribution in [1.82, 2.24) is 5.32 Å². The zero-order valence-corrected chi connectivity index (χ0v) is 13.8. The number of benzene rings is 1. The van der Waals surface area contributed by atoms with Crippen molar-refractivity contribution >= 4 is 11.6 Å². The first-order chi connectivity index (χ1) is 11.3. The molecule has 0 saturated carbocycles. The van der Waals surface area contributed by atoms with Crippen LogP contribution in [-0.4, -0.2) is 30.7 Å². The summed E-state index contributed by atoms with van der Waals surface area (Å²) >= 11 is 0. The summed E-state index contributed by atoms with van der Waals surface area (Å²) in [7, 11) is 0. The summed E-state index contributed by atoms with van der Waals surface area (Å²) in [5.74, 6) is -0.453. The second kappa shape index (κ2) is 7.98. The van der Waals surface area contributed by atoms with E-state index >= 15 is 0 Å². The van der Waals surface area contributed by atoms with Gasteiger partial charge in [-0.2, -0.15) is 13.2 Å². The van der Waals surface area contributed by atoms with Crippen LogP contribution in [0.1, 0.15) is 38.7 Å². The average molecular weight is 344 g/mol. The van der Waals surface area contributed by atoms with E-state index in [0.717, 1.165) is 25.5 Å². The van der Waals surface area contributed by atoms with E-state index in [2.05, 4.69) is 10.6 Å². The van der Waals surface area contributed by atoms with E-state index in [0.29, 0.717) is 0 Å². The van der Waals surface area contributed by atoms with Gasteiger partial charge in [-0.3, -0.25) is 4.79 Å². The van der Waals surface area contributed by atoms with Gasteiger partial charge in [0.05, 0.1) is 17.4 Å². The lowest BCUT2D eigenvalue weighted by molar-refractivity contribution is -0.137. The Morgan fingerprint density at radius 3 is 2.67 bits per heavy atom. The summed E-state index contributed by atoms with van der Waals surface area (Å²) in [5.41, 5.74) is -1.05. The van der Waals surface area contributed by atoms with Crippen LogP contribution in [0.4, 0.5) is 18.9 Å². The maximum atomic E-state index is 12.9. The SMILES string of the molecule is CC(CC(=O)Nc1ccccc1C(F)(F)F)NC(C)C1CCCO1. The highest BCUT2D eigenvalue weighted by Crippen LogP contribution is 2.34. The Balaban J connectivity index is 1.89. The molecule has 3 atom stereocenters.